The van der Waals surface area contributed by atoms with Crippen LogP contribution >= 0.6 is 11.3 Å². The first-order valence-corrected chi connectivity index (χ1v) is 9.91. The number of rotatable bonds is 4. The Morgan fingerprint density at radius 2 is 2.00 bits per heavy atom. The zero-order valence-electron chi connectivity index (χ0n) is 14.2. The monoisotopic (exact) mass is 358 g/mol. The van der Waals surface area contributed by atoms with Gasteiger partial charge < -0.3 is 5.32 Å². The SMILES string of the molecule is O=C(NC1C[C@H]2CCC[C@H](C1)N2Cc1cccs1)c1cccc(F)c1. The van der Waals surface area contributed by atoms with E-state index < -0.39 is 0 Å². The second kappa shape index (κ2) is 7.26. The zero-order valence-corrected chi connectivity index (χ0v) is 15.0. The third-order valence-electron chi connectivity index (χ3n) is 5.47. The Morgan fingerprint density at radius 3 is 2.68 bits per heavy atom. The lowest BCUT2D eigenvalue weighted by atomic mass is 9.81. The van der Waals surface area contributed by atoms with Gasteiger partial charge in [0.1, 0.15) is 5.82 Å². The first-order valence-electron chi connectivity index (χ1n) is 9.03. The van der Waals surface area contributed by atoms with Crippen molar-refractivity contribution < 1.29 is 9.18 Å². The van der Waals surface area contributed by atoms with Crippen LogP contribution in [0.2, 0.25) is 0 Å². The number of piperidine rings is 2. The van der Waals surface area contributed by atoms with Crippen LogP contribution in [0.25, 0.3) is 0 Å². The van der Waals surface area contributed by atoms with Crippen molar-refractivity contribution in [3.63, 3.8) is 0 Å². The third-order valence-corrected chi connectivity index (χ3v) is 6.33. The van der Waals surface area contributed by atoms with Gasteiger partial charge in [0.05, 0.1) is 0 Å². The topological polar surface area (TPSA) is 32.3 Å². The summed E-state index contributed by atoms with van der Waals surface area (Å²) in [5.41, 5.74) is 0.408. The summed E-state index contributed by atoms with van der Waals surface area (Å²) in [5, 5.41) is 5.28. The number of thiophene rings is 1. The average Bonchev–Trinajstić information content (AvgIpc) is 3.08. The van der Waals surface area contributed by atoms with Crippen molar-refractivity contribution >= 4 is 17.2 Å². The zero-order chi connectivity index (χ0) is 17.2. The second-order valence-electron chi connectivity index (χ2n) is 7.14. The molecule has 0 aliphatic carbocycles. The lowest BCUT2D eigenvalue weighted by Gasteiger charge is -2.49. The molecule has 1 aromatic heterocycles. The van der Waals surface area contributed by atoms with E-state index in [1.54, 1.807) is 12.1 Å². The Morgan fingerprint density at radius 1 is 1.20 bits per heavy atom. The standard InChI is InChI=1S/C20H23FN2OS/c21-15-5-1-4-14(10-15)20(24)22-16-11-17-6-2-7-18(12-16)23(17)13-19-8-3-9-25-19/h1,3-5,8-10,16-18H,2,6-7,11-13H2,(H,22,24)/t17-,18-/m1/s1. The van der Waals surface area contributed by atoms with Gasteiger partial charge in [-0.3, -0.25) is 9.69 Å². The first-order chi connectivity index (χ1) is 12.2. The predicted octanol–water partition coefficient (Wildman–Crippen LogP) is 4.20. The Labute approximate surface area is 151 Å². The Balaban J connectivity index is 1.42. The number of hydrogen-bond acceptors (Lipinski definition) is 3. The smallest absolute Gasteiger partial charge is 0.251 e. The first kappa shape index (κ1) is 16.7. The van der Waals surface area contributed by atoms with Gasteiger partial charge in [0.2, 0.25) is 0 Å². The summed E-state index contributed by atoms with van der Waals surface area (Å²) < 4.78 is 13.3. The van der Waals surface area contributed by atoms with Crippen molar-refractivity contribution in [2.24, 2.45) is 0 Å². The quantitative estimate of drug-likeness (QED) is 0.888. The number of nitrogens with one attached hydrogen (secondary N) is 1. The average molecular weight is 358 g/mol. The largest absolute Gasteiger partial charge is 0.349 e. The van der Waals surface area contributed by atoms with Crippen LogP contribution in [-0.2, 0) is 6.54 Å². The van der Waals surface area contributed by atoms with E-state index in [0.29, 0.717) is 17.6 Å². The molecule has 0 spiro atoms. The lowest BCUT2D eigenvalue weighted by Crippen LogP contribution is -2.56. The molecule has 0 radical (unpaired) electrons. The van der Waals surface area contributed by atoms with Crippen LogP contribution in [0.3, 0.4) is 0 Å². The number of carbonyl (C=O) groups is 1. The molecule has 4 rings (SSSR count). The molecule has 2 saturated heterocycles. The fourth-order valence-electron chi connectivity index (χ4n) is 4.34. The van der Waals surface area contributed by atoms with Crippen LogP contribution in [0.1, 0.15) is 47.3 Å². The van der Waals surface area contributed by atoms with Crippen LogP contribution in [0.5, 0.6) is 0 Å². The van der Waals surface area contributed by atoms with Crippen molar-refractivity contribution in [2.45, 2.75) is 56.8 Å². The van der Waals surface area contributed by atoms with E-state index in [0.717, 1.165) is 19.4 Å². The summed E-state index contributed by atoms with van der Waals surface area (Å²) >= 11 is 1.82. The molecule has 2 bridgehead atoms. The van der Waals surface area contributed by atoms with Crippen LogP contribution in [0.15, 0.2) is 41.8 Å². The summed E-state index contributed by atoms with van der Waals surface area (Å²) in [5.74, 6) is -0.524. The highest BCUT2D eigenvalue weighted by Gasteiger charge is 2.38. The molecule has 3 nitrogen and oxygen atoms in total. The fourth-order valence-corrected chi connectivity index (χ4v) is 5.05. The van der Waals surface area contributed by atoms with Crippen LogP contribution < -0.4 is 5.32 Å². The van der Waals surface area contributed by atoms with Crippen molar-refractivity contribution in [3.05, 3.63) is 58.0 Å². The highest BCUT2D eigenvalue weighted by molar-refractivity contribution is 7.09. The van der Waals surface area contributed by atoms with Gasteiger partial charge in [-0.2, -0.15) is 0 Å². The second-order valence-corrected chi connectivity index (χ2v) is 8.17. The normalized spacial score (nSPS) is 26.4. The van der Waals surface area contributed by atoms with Gasteiger partial charge in [-0.05, 0) is 55.3 Å². The fraction of sp³-hybridized carbons (Fsp3) is 0.450. The van der Waals surface area contributed by atoms with E-state index in [1.807, 2.05) is 11.3 Å². The molecule has 0 unspecified atom stereocenters. The van der Waals surface area contributed by atoms with Gasteiger partial charge in [-0.1, -0.05) is 18.6 Å². The van der Waals surface area contributed by atoms with E-state index in [4.69, 9.17) is 0 Å². The van der Waals surface area contributed by atoms with Gasteiger partial charge in [0.15, 0.2) is 0 Å². The summed E-state index contributed by atoms with van der Waals surface area (Å²) in [4.78, 5) is 16.5. The molecule has 2 fully saturated rings. The summed E-state index contributed by atoms with van der Waals surface area (Å²) in [6.07, 6.45) is 5.66. The summed E-state index contributed by atoms with van der Waals surface area (Å²) in [6, 6.07) is 11.5. The molecule has 1 aromatic carbocycles. The molecular weight excluding hydrogens is 335 g/mol. The number of carbonyl (C=O) groups excluding carboxylic acids is 1. The van der Waals surface area contributed by atoms with E-state index in [1.165, 1.54) is 36.3 Å². The minimum atomic E-state index is -0.365. The molecule has 3 heterocycles. The maximum absolute atomic E-state index is 13.3. The van der Waals surface area contributed by atoms with E-state index in [9.17, 15) is 9.18 Å². The highest BCUT2D eigenvalue weighted by atomic mass is 32.1. The number of halogens is 1. The van der Waals surface area contributed by atoms with Crippen molar-refractivity contribution in [2.75, 3.05) is 0 Å². The molecule has 2 atom stereocenters. The van der Waals surface area contributed by atoms with Crippen LogP contribution in [-0.4, -0.2) is 28.9 Å². The highest BCUT2D eigenvalue weighted by Crippen LogP contribution is 2.35. The number of fused-ring (bicyclic) bond motifs is 2. The molecule has 132 valence electrons. The molecule has 1 amide bonds. The van der Waals surface area contributed by atoms with E-state index in [-0.39, 0.29) is 17.8 Å². The number of nitrogens with zero attached hydrogens (tertiary/aromatic N) is 1. The molecule has 2 aliphatic heterocycles. The maximum Gasteiger partial charge on any atom is 0.251 e. The molecule has 0 saturated carbocycles. The molecule has 1 N–H and O–H groups in total. The predicted molar refractivity (Wildman–Crippen MR) is 98.2 cm³/mol. The molecular formula is C20H23FN2OS. The third kappa shape index (κ3) is 3.77. The molecule has 5 heteroatoms. The van der Waals surface area contributed by atoms with Crippen molar-refractivity contribution in [1.29, 1.82) is 0 Å². The summed E-state index contributed by atoms with van der Waals surface area (Å²) in [7, 11) is 0. The Kier molecular flexibility index (Phi) is 4.86. The molecule has 25 heavy (non-hydrogen) atoms. The van der Waals surface area contributed by atoms with Crippen molar-refractivity contribution in [3.8, 4) is 0 Å². The number of amides is 1. The molecule has 2 aliphatic rings. The Bertz CT molecular complexity index is 719. The number of hydrogen-bond donors (Lipinski definition) is 1. The van der Waals surface area contributed by atoms with Crippen molar-refractivity contribution in [1.82, 2.24) is 10.2 Å². The van der Waals surface area contributed by atoms with Gasteiger partial charge >= 0.3 is 0 Å². The van der Waals surface area contributed by atoms with E-state index in [2.05, 4.69) is 27.7 Å². The van der Waals surface area contributed by atoms with Gasteiger partial charge in [-0.25, -0.2) is 4.39 Å². The van der Waals surface area contributed by atoms with E-state index >= 15 is 0 Å². The van der Waals surface area contributed by atoms with Crippen LogP contribution in [0.4, 0.5) is 4.39 Å². The minimum absolute atomic E-state index is 0.158. The van der Waals surface area contributed by atoms with Gasteiger partial charge in [0.25, 0.3) is 5.91 Å². The van der Waals surface area contributed by atoms with Gasteiger partial charge in [-0.15, -0.1) is 11.3 Å². The number of benzene rings is 1. The Hall–Kier alpha value is -1.72. The minimum Gasteiger partial charge on any atom is -0.349 e. The molecule has 2 aromatic rings. The summed E-state index contributed by atoms with van der Waals surface area (Å²) in [6.45, 7) is 1.03. The van der Waals surface area contributed by atoms with Crippen LogP contribution in [0, 0.1) is 5.82 Å². The lowest BCUT2D eigenvalue weighted by molar-refractivity contribution is 0.0184. The van der Waals surface area contributed by atoms with Gasteiger partial charge in [0, 0.05) is 35.1 Å². The maximum atomic E-state index is 13.3.